The molecule has 0 aliphatic carbocycles. The van der Waals surface area contributed by atoms with Crippen molar-refractivity contribution in [3.63, 3.8) is 0 Å². The Morgan fingerprint density at radius 1 is 1.27 bits per heavy atom. The fourth-order valence-corrected chi connectivity index (χ4v) is 1.52. The molecule has 78 valence electrons. The predicted octanol–water partition coefficient (Wildman–Crippen LogP) is 2.03. The lowest BCUT2D eigenvalue weighted by atomic mass is 10.1. The monoisotopic (exact) mass is 202 g/mol. The van der Waals surface area contributed by atoms with Crippen LogP contribution in [0.1, 0.15) is 22.9 Å². The van der Waals surface area contributed by atoms with Gasteiger partial charge in [0.2, 0.25) is 0 Å². The van der Waals surface area contributed by atoms with Crippen LogP contribution in [0.2, 0.25) is 0 Å². The average Bonchev–Trinajstić information content (AvgIpc) is 2.60. The van der Waals surface area contributed by atoms with Gasteiger partial charge >= 0.3 is 0 Å². The van der Waals surface area contributed by atoms with Gasteiger partial charge in [-0.2, -0.15) is 0 Å². The van der Waals surface area contributed by atoms with Gasteiger partial charge in [0.15, 0.2) is 5.89 Å². The largest absolute Gasteiger partial charge is 0.444 e. The number of nitrogens with two attached hydrogens (primary N) is 1. The third kappa shape index (κ3) is 2.25. The smallest absolute Gasteiger partial charge is 0.199 e. The molecule has 1 aromatic carbocycles. The standard InChI is InChI=1S/C12H14N2O/c1-9-11(8-13)15-12(14-9)7-10-5-3-2-4-6-10/h2-6H,7-8,13H2,1H3. The van der Waals surface area contributed by atoms with Gasteiger partial charge in [-0.05, 0) is 12.5 Å². The second-order valence-corrected chi connectivity index (χ2v) is 3.48. The second kappa shape index (κ2) is 4.28. The minimum Gasteiger partial charge on any atom is -0.444 e. The Bertz CT molecular complexity index is 434. The molecule has 0 saturated carbocycles. The summed E-state index contributed by atoms with van der Waals surface area (Å²) >= 11 is 0. The van der Waals surface area contributed by atoms with Crippen molar-refractivity contribution in [1.29, 1.82) is 0 Å². The van der Waals surface area contributed by atoms with Crippen LogP contribution in [0, 0.1) is 6.92 Å². The Morgan fingerprint density at radius 2 is 2.00 bits per heavy atom. The lowest BCUT2D eigenvalue weighted by Crippen LogP contribution is -1.95. The molecule has 0 amide bonds. The molecule has 0 unspecified atom stereocenters. The van der Waals surface area contributed by atoms with E-state index in [1.165, 1.54) is 5.56 Å². The van der Waals surface area contributed by atoms with Crippen molar-refractivity contribution in [2.24, 2.45) is 5.73 Å². The molecule has 1 aromatic heterocycles. The molecule has 3 nitrogen and oxygen atoms in total. The van der Waals surface area contributed by atoms with Crippen molar-refractivity contribution in [2.45, 2.75) is 19.9 Å². The molecule has 0 atom stereocenters. The maximum absolute atomic E-state index is 5.53. The zero-order valence-electron chi connectivity index (χ0n) is 8.73. The fourth-order valence-electron chi connectivity index (χ4n) is 1.52. The van der Waals surface area contributed by atoms with Crippen molar-refractivity contribution in [3.05, 3.63) is 53.2 Å². The first-order valence-electron chi connectivity index (χ1n) is 4.99. The van der Waals surface area contributed by atoms with Gasteiger partial charge in [-0.25, -0.2) is 4.98 Å². The number of nitrogens with zero attached hydrogens (tertiary/aromatic N) is 1. The zero-order valence-corrected chi connectivity index (χ0v) is 8.73. The van der Waals surface area contributed by atoms with Crippen molar-refractivity contribution < 1.29 is 4.42 Å². The van der Waals surface area contributed by atoms with Crippen LogP contribution in [-0.4, -0.2) is 4.98 Å². The van der Waals surface area contributed by atoms with Gasteiger partial charge in [-0.15, -0.1) is 0 Å². The van der Waals surface area contributed by atoms with Crippen LogP contribution in [0.5, 0.6) is 0 Å². The first kappa shape index (κ1) is 9.93. The molecule has 0 fully saturated rings. The van der Waals surface area contributed by atoms with Crippen LogP contribution < -0.4 is 5.73 Å². The predicted molar refractivity (Wildman–Crippen MR) is 58.4 cm³/mol. The van der Waals surface area contributed by atoms with Crippen LogP contribution in [0.3, 0.4) is 0 Å². The molecular weight excluding hydrogens is 188 g/mol. The summed E-state index contributed by atoms with van der Waals surface area (Å²) in [5, 5.41) is 0. The summed E-state index contributed by atoms with van der Waals surface area (Å²) < 4.78 is 5.53. The van der Waals surface area contributed by atoms with Crippen molar-refractivity contribution in [2.75, 3.05) is 0 Å². The summed E-state index contributed by atoms with van der Waals surface area (Å²) in [6, 6.07) is 10.1. The highest BCUT2D eigenvalue weighted by Gasteiger charge is 2.07. The molecular formula is C12H14N2O. The van der Waals surface area contributed by atoms with Crippen molar-refractivity contribution in [3.8, 4) is 0 Å². The van der Waals surface area contributed by atoms with Crippen molar-refractivity contribution in [1.82, 2.24) is 4.98 Å². The number of oxazole rings is 1. The third-order valence-corrected chi connectivity index (χ3v) is 2.32. The molecule has 3 heteroatoms. The normalized spacial score (nSPS) is 10.5. The summed E-state index contributed by atoms with van der Waals surface area (Å²) in [5.74, 6) is 1.51. The lowest BCUT2D eigenvalue weighted by Gasteiger charge is -1.95. The van der Waals surface area contributed by atoms with E-state index in [-0.39, 0.29) is 0 Å². The first-order chi connectivity index (χ1) is 7.29. The molecule has 0 saturated heterocycles. The van der Waals surface area contributed by atoms with Crippen molar-refractivity contribution >= 4 is 0 Å². The molecule has 0 spiro atoms. The molecule has 0 aliphatic heterocycles. The molecule has 0 radical (unpaired) electrons. The van der Waals surface area contributed by atoms with Crippen LogP contribution in [-0.2, 0) is 13.0 Å². The van der Waals surface area contributed by atoms with E-state index in [1.54, 1.807) is 0 Å². The van der Waals surface area contributed by atoms with Gasteiger partial charge < -0.3 is 10.2 Å². The Labute approximate surface area is 88.9 Å². The zero-order chi connectivity index (χ0) is 10.7. The van der Waals surface area contributed by atoms with E-state index in [2.05, 4.69) is 17.1 Å². The highest BCUT2D eigenvalue weighted by Crippen LogP contribution is 2.13. The van der Waals surface area contributed by atoms with E-state index in [1.807, 2.05) is 25.1 Å². The molecule has 0 aliphatic rings. The average molecular weight is 202 g/mol. The highest BCUT2D eigenvalue weighted by molar-refractivity contribution is 5.19. The fraction of sp³-hybridized carbons (Fsp3) is 0.250. The number of aryl methyl sites for hydroxylation is 1. The lowest BCUT2D eigenvalue weighted by molar-refractivity contribution is 0.464. The topological polar surface area (TPSA) is 52.0 Å². The number of hydrogen-bond donors (Lipinski definition) is 1. The first-order valence-corrected chi connectivity index (χ1v) is 4.99. The quantitative estimate of drug-likeness (QED) is 0.828. The molecule has 1 heterocycles. The minimum atomic E-state index is 0.410. The Kier molecular flexibility index (Phi) is 2.83. The molecule has 2 rings (SSSR count). The van der Waals surface area contributed by atoms with E-state index >= 15 is 0 Å². The summed E-state index contributed by atoms with van der Waals surface area (Å²) in [7, 11) is 0. The van der Waals surface area contributed by atoms with Crippen LogP contribution in [0.15, 0.2) is 34.7 Å². The summed E-state index contributed by atoms with van der Waals surface area (Å²) in [4.78, 5) is 4.33. The molecule has 15 heavy (non-hydrogen) atoms. The molecule has 2 N–H and O–H groups in total. The Morgan fingerprint density at radius 3 is 2.60 bits per heavy atom. The van der Waals surface area contributed by atoms with E-state index in [0.29, 0.717) is 6.54 Å². The summed E-state index contributed by atoms with van der Waals surface area (Å²) in [6.45, 7) is 2.33. The van der Waals surface area contributed by atoms with E-state index in [9.17, 15) is 0 Å². The van der Waals surface area contributed by atoms with Gasteiger partial charge in [0, 0.05) is 6.42 Å². The summed E-state index contributed by atoms with van der Waals surface area (Å²) in [5.41, 5.74) is 7.61. The van der Waals surface area contributed by atoms with Gasteiger partial charge in [-0.3, -0.25) is 0 Å². The van der Waals surface area contributed by atoms with E-state index in [0.717, 1.165) is 23.8 Å². The van der Waals surface area contributed by atoms with E-state index in [4.69, 9.17) is 10.2 Å². The maximum Gasteiger partial charge on any atom is 0.199 e. The molecule has 0 bridgehead atoms. The third-order valence-electron chi connectivity index (χ3n) is 2.32. The maximum atomic E-state index is 5.53. The number of rotatable bonds is 3. The summed E-state index contributed by atoms with van der Waals surface area (Å²) in [6.07, 6.45) is 0.724. The van der Waals surface area contributed by atoms with Crippen LogP contribution in [0.25, 0.3) is 0 Å². The van der Waals surface area contributed by atoms with E-state index < -0.39 is 0 Å². The SMILES string of the molecule is Cc1nc(Cc2ccccc2)oc1CN. The van der Waals surface area contributed by atoms with Gasteiger partial charge in [0.25, 0.3) is 0 Å². The van der Waals surface area contributed by atoms with Gasteiger partial charge in [0.05, 0.1) is 12.2 Å². The van der Waals surface area contributed by atoms with Gasteiger partial charge in [-0.1, -0.05) is 30.3 Å². The Hall–Kier alpha value is -1.61. The minimum absolute atomic E-state index is 0.410. The Balaban J connectivity index is 2.18. The number of benzene rings is 1. The van der Waals surface area contributed by atoms with Gasteiger partial charge in [0.1, 0.15) is 5.76 Å². The number of hydrogen-bond acceptors (Lipinski definition) is 3. The highest BCUT2D eigenvalue weighted by atomic mass is 16.4. The second-order valence-electron chi connectivity index (χ2n) is 3.48. The number of aromatic nitrogens is 1. The molecule has 2 aromatic rings. The van der Waals surface area contributed by atoms with Crippen LogP contribution in [0.4, 0.5) is 0 Å². The van der Waals surface area contributed by atoms with Crippen LogP contribution >= 0.6 is 0 Å².